The maximum Gasteiger partial charge on any atom is 0.277 e. The molecule has 0 atom stereocenters. The molecule has 3 rings (SSSR count). The van der Waals surface area contributed by atoms with Crippen molar-refractivity contribution in [1.82, 2.24) is 0 Å². The van der Waals surface area contributed by atoms with E-state index in [2.05, 4.69) is 0 Å². The van der Waals surface area contributed by atoms with Crippen LogP contribution in [0.25, 0.3) is 21.9 Å². The molecule has 4 heteroatoms. The van der Waals surface area contributed by atoms with Gasteiger partial charge in [-0.2, -0.15) is 0 Å². The average molecular weight is 265 g/mol. The van der Waals surface area contributed by atoms with Gasteiger partial charge in [0.1, 0.15) is 5.75 Å². The van der Waals surface area contributed by atoms with E-state index in [9.17, 15) is 15.2 Å². The molecule has 0 saturated heterocycles. The molecular formula is C16H11NO3. The standard InChI is InChI=1S/C16H11NO3/c18-15-8-4-3-7-13(15)16-12-6-2-1-5-11(12)9-10-14(16)17(19)20/h1-10,18H. The number of rotatable bonds is 2. The first-order chi connectivity index (χ1) is 9.68. The molecule has 0 heterocycles. The Morgan fingerprint density at radius 3 is 2.35 bits per heavy atom. The number of nitro groups is 1. The summed E-state index contributed by atoms with van der Waals surface area (Å²) in [6.07, 6.45) is 0. The van der Waals surface area contributed by atoms with Crippen molar-refractivity contribution in [3.63, 3.8) is 0 Å². The average Bonchev–Trinajstić information content (AvgIpc) is 2.46. The zero-order valence-electron chi connectivity index (χ0n) is 10.5. The van der Waals surface area contributed by atoms with E-state index in [1.807, 2.05) is 24.3 Å². The van der Waals surface area contributed by atoms with Gasteiger partial charge in [-0.25, -0.2) is 0 Å². The molecule has 1 N–H and O–H groups in total. The van der Waals surface area contributed by atoms with Crippen LogP contribution >= 0.6 is 0 Å². The Kier molecular flexibility index (Phi) is 2.84. The highest BCUT2D eigenvalue weighted by molar-refractivity contribution is 6.02. The second-order valence-electron chi connectivity index (χ2n) is 4.46. The molecule has 0 aliphatic rings. The van der Waals surface area contributed by atoms with Gasteiger partial charge < -0.3 is 5.11 Å². The summed E-state index contributed by atoms with van der Waals surface area (Å²) in [6, 6.07) is 17.3. The lowest BCUT2D eigenvalue weighted by molar-refractivity contribution is -0.384. The third-order valence-electron chi connectivity index (χ3n) is 3.28. The Hall–Kier alpha value is -2.88. The molecule has 98 valence electrons. The Balaban J connectivity index is 2.45. The number of phenolic OH excluding ortho intramolecular Hbond substituents is 1. The molecule has 3 aromatic rings. The van der Waals surface area contributed by atoms with E-state index in [-0.39, 0.29) is 11.4 Å². The lowest BCUT2D eigenvalue weighted by Gasteiger charge is -2.09. The predicted octanol–water partition coefficient (Wildman–Crippen LogP) is 4.12. The van der Waals surface area contributed by atoms with Crippen LogP contribution in [0.5, 0.6) is 5.75 Å². The minimum Gasteiger partial charge on any atom is -0.507 e. The van der Waals surface area contributed by atoms with Crippen LogP contribution in [0.15, 0.2) is 60.7 Å². The molecule has 0 radical (unpaired) electrons. The van der Waals surface area contributed by atoms with Crippen molar-refractivity contribution in [3.05, 3.63) is 70.8 Å². The lowest BCUT2D eigenvalue weighted by Crippen LogP contribution is -1.93. The molecule has 20 heavy (non-hydrogen) atoms. The summed E-state index contributed by atoms with van der Waals surface area (Å²) < 4.78 is 0. The van der Waals surface area contributed by atoms with Gasteiger partial charge in [-0.15, -0.1) is 0 Å². The topological polar surface area (TPSA) is 63.4 Å². The number of hydrogen-bond acceptors (Lipinski definition) is 3. The molecule has 0 unspecified atom stereocenters. The molecular weight excluding hydrogens is 254 g/mol. The Morgan fingerprint density at radius 2 is 1.60 bits per heavy atom. The first-order valence-corrected chi connectivity index (χ1v) is 6.13. The van der Waals surface area contributed by atoms with E-state index >= 15 is 0 Å². The first-order valence-electron chi connectivity index (χ1n) is 6.13. The van der Waals surface area contributed by atoms with Gasteiger partial charge in [0.25, 0.3) is 5.69 Å². The molecule has 4 nitrogen and oxygen atoms in total. The summed E-state index contributed by atoms with van der Waals surface area (Å²) in [4.78, 5) is 10.9. The van der Waals surface area contributed by atoms with Gasteiger partial charge in [0.05, 0.1) is 10.5 Å². The number of nitrogens with zero attached hydrogens (tertiary/aromatic N) is 1. The minimum absolute atomic E-state index is 0.00907. The number of fused-ring (bicyclic) bond motifs is 1. The Bertz CT molecular complexity index is 812. The smallest absolute Gasteiger partial charge is 0.277 e. The molecule has 0 fully saturated rings. The van der Waals surface area contributed by atoms with Crippen LogP contribution in [0.3, 0.4) is 0 Å². The van der Waals surface area contributed by atoms with E-state index in [1.165, 1.54) is 12.1 Å². The highest BCUT2D eigenvalue weighted by Crippen LogP contribution is 2.40. The van der Waals surface area contributed by atoms with Crippen LogP contribution in [0.2, 0.25) is 0 Å². The zero-order chi connectivity index (χ0) is 14.1. The fraction of sp³-hybridized carbons (Fsp3) is 0. The summed E-state index contributed by atoms with van der Waals surface area (Å²) >= 11 is 0. The molecule has 0 bridgehead atoms. The van der Waals surface area contributed by atoms with Crippen molar-refractivity contribution >= 4 is 16.5 Å². The lowest BCUT2D eigenvalue weighted by atomic mass is 9.96. The van der Waals surface area contributed by atoms with Crippen molar-refractivity contribution in [3.8, 4) is 16.9 Å². The number of para-hydroxylation sites is 1. The summed E-state index contributed by atoms with van der Waals surface area (Å²) in [5, 5.41) is 22.9. The molecule has 0 spiro atoms. The van der Waals surface area contributed by atoms with E-state index in [4.69, 9.17) is 0 Å². The second-order valence-corrected chi connectivity index (χ2v) is 4.46. The third kappa shape index (κ3) is 1.87. The quantitative estimate of drug-likeness (QED) is 0.560. The van der Waals surface area contributed by atoms with Crippen molar-refractivity contribution in [2.75, 3.05) is 0 Å². The fourth-order valence-electron chi connectivity index (χ4n) is 2.38. The summed E-state index contributed by atoms with van der Waals surface area (Å²) in [7, 11) is 0. The number of aromatic hydroxyl groups is 1. The van der Waals surface area contributed by atoms with Crippen LogP contribution in [-0.4, -0.2) is 10.0 Å². The van der Waals surface area contributed by atoms with E-state index in [0.29, 0.717) is 11.1 Å². The van der Waals surface area contributed by atoms with Gasteiger partial charge in [-0.1, -0.05) is 42.5 Å². The van der Waals surface area contributed by atoms with E-state index in [0.717, 1.165) is 10.8 Å². The van der Waals surface area contributed by atoms with E-state index in [1.54, 1.807) is 24.3 Å². The summed E-state index contributed by atoms with van der Waals surface area (Å²) in [5.74, 6) is 0.0342. The maximum atomic E-state index is 11.3. The fourth-order valence-corrected chi connectivity index (χ4v) is 2.38. The molecule has 0 aliphatic heterocycles. The van der Waals surface area contributed by atoms with Crippen molar-refractivity contribution in [1.29, 1.82) is 0 Å². The van der Waals surface area contributed by atoms with Crippen LogP contribution in [-0.2, 0) is 0 Å². The molecule has 0 amide bonds. The largest absolute Gasteiger partial charge is 0.507 e. The monoisotopic (exact) mass is 265 g/mol. The van der Waals surface area contributed by atoms with Gasteiger partial charge in [0, 0.05) is 11.6 Å². The van der Waals surface area contributed by atoms with Crippen molar-refractivity contribution in [2.24, 2.45) is 0 Å². The Labute approximate surface area is 115 Å². The molecule has 0 aromatic heterocycles. The van der Waals surface area contributed by atoms with Gasteiger partial charge in [-0.05, 0) is 22.9 Å². The van der Waals surface area contributed by atoms with Crippen LogP contribution in [0, 0.1) is 10.1 Å². The predicted molar refractivity (Wildman–Crippen MR) is 77.7 cm³/mol. The zero-order valence-corrected chi connectivity index (χ0v) is 10.5. The number of hydrogen-bond donors (Lipinski definition) is 1. The second kappa shape index (κ2) is 4.66. The van der Waals surface area contributed by atoms with Crippen LogP contribution in [0.1, 0.15) is 0 Å². The van der Waals surface area contributed by atoms with Crippen LogP contribution in [0.4, 0.5) is 5.69 Å². The third-order valence-corrected chi connectivity index (χ3v) is 3.28. The summed E-state index contributed by atoms with van der Waals surface area (Å²) in [6.45, 7) is 0. The van der Waals surface area contributed by atoms with Crippen molar-refractivity contribution in [2.45, 2.75) is 0 Å². The highest BCUT2D eigenvalue weighted by Gasteiger charge is 2.20. The summed E-state index contributed by atoms with van der Waals surface area (Å²) in [5.41, 5.74) is 0.910. The minimum atomic E-state index is -0.422. The van der Waals surface area contributed by atoms with Crippen LogP contribution < -0.4 is 0 Å². The SMILES string of the molecule is O=[N+]([O-])c1ccc2ccccc2c1-c1ccccc1O. The molecule has 0 saturated carbocycles. The maximum absolute atomic E-state index is 11.3. The van der Waals surface area contributed by atoms with Gasteiger partial charge >= 0.3 is 0 Å². The number of nitro benzene ring substituents is 1. The van der Waals surface area contributed by atoms with Crippen molar-refractivity contribution < 1.29 is 10.0 Å². The van der Waals surface area contributed by atoms with E-state index < -0.39 is 4.92 Å². The first kappa shape index (κ1) is 12.2. The Morgan fingerprint density at radius 1 is 0.900 bits per heavy atom. The number of phenols is 1. The molecule has 0 aliphatic carbocycles. The highest BCUT2D eigenvalue weighted by atomic mass is 16.6. The molecule has 3 aromatic carbocycles. The van der Waals surface area contributed by atoms with Gasteiger partial charge in [-0.3, -0.25) is 10.1 Å². The normalized spacial score (nSPS) is 10.6. The van der Waals surface area contributed by atoms with Gasteiger partial charge in [0.2, 0.25) is 0 Å². The number of benzene rings is 3. The van der Waals surface area contributed by atoms with Gasteiger partial charge in [0.15, 0.2) is 0 Å².